The molecule has 0 spiro atoms. The Morgan fingerprint density at radius 2 is 1.52 bits per heavy atom. The highest BCUT2D eigenvalue weighted by Crippen LogP contribution is 2.38. The Kier molecular flexibility index (Phi) is 4.06. The van der Waals surface area contributed by atoms with Crippen molar-refractivity contribution >= 4 is 39.5 Å². The summed E-state index contributed by atoms with van der Waals surface area (Å²) in [6, 6.07) is 3.65. The number of benzene rings is 1. The van der Waals surface area contributed by atoms with Crippen molar-refractivity contribution < 1.29 is 42.2 Å². The molecule has 0 saturated carbocycles. The summed E-state index contributed by atoms with van der Waals surface area (Å²) in [6.07, 6.45) is 1.36. The molecular formula is C15H10N2O9S. The molecule has 2 heterocycles. The Labute approximate surface area is 151 Å². The highest BCUT2D eigenvalue weighted by Gasteiger charge is 2.75. The number of hydrogen-bond acceptors (Lipinski definition) is 8. The van der Waals surface area contributed by atoms with Crippen molar-refractivity contribution in [1.82, 2.24) is 9.96 Å². The molecule has 27 heavy (non-hydrogen) atoms. The second kappa shape index (κ2) is 5.90. The van der Waals surface area contributed by atoms with Gasteiger partial charge in [-0.25, -0.2) is 0 Å². The summed E-state index contributed by atoms with van der Waals surface area (Å²) in [5.41, 5.74) is -0.413. The molecule has 3 rings (SSSR count). The zero-order valence-electron chi connectivity index (χ0n) is 13.2. The van der Waals surface area contributed by atoms with E-state index in [-0.39, 0.29) is 4.90 Å². The van der Waals surface area contributed by atoms with E-state index in [1.807, 2.05) is 0 Å². The predicted molar refractivity (Wildman–Crippen MR) is 83.5 cm³/mol. The number of carbonyl (C=O) groups is 5. The Bertz CT molecular complexity index is 1010. The van der Waals surface area contributed by atoms with Crippen molar-refractivity contribution in [2.75, 3.05) is 0 Å². The Balaban J connectivity index is 2.34. The van der Waals surface area contributed by atoms with E-state index in [9.17, 15) is 42.2 Å². The second-order valence-electron chi connectivity index (χ2n) is 5.64. The monoisotopic (exact) mass is 394 g/mol. The molecule has 12 heteroatoms. The third kappa shape index (κ3) is 2.34. The summed E-state index contributed by atoms with van der Waals surface area (Å²) in [5, 5.41) is 9.00. The van der Waals surface area contributed by atoms with Gasteiger partial charge in [0.1, 0.15) is 0 Å². The number of imide groups is 2. The molecule has 2 N–H and O–H groups in total. The molecule has 0 aliphatic carbocycles. The zero-order valence-corrected chi connectivity index (χ0v) is 14.0. The van der Waals surface area contributed by atoms with Crippen LogP contribution in [0.15, 0.2) is 42.5 Å². The van der Waals surface area contributed by atoms with Crippen molar-refractivity contribution in [3.05, 3.63) is 48.0 Å². The largest absolute Gasteiger partial charge is 0.292 e. The van der Waals surface area contributed by atoms with Gasteiger partial charge in [0.15, 0.2) is 11.8 Å². The van der Waals surface area contributed by atoms with E-state index < -0.39 is 60.9 Å². The lowest BCUT2D eigenvalue weighted by Crippen LogP contribution is -2.65. The molecule has 1 saturated heterocycles. The third-order valence-corrected chi connectivity index (χ3v) is 5.62. The van der Waals surface area contributed by atoms with Crippen molar-refractivity contribution in [1.29, 1.82) is 0 Å². The van der Waals surface area contributed by atoms with E-state index in [0.717, 1.165) is 12.1 Å². The van der Waals surface area contributed by atoms with Crippen LogP contribution in [-0.4, -0.2) is 68.3 Å². The van der Waals surface area contributed by atoms with Crippen LogP contribution in [0.4, 0.5) is 0 Å². The van der Waals surface area contributed by atoms with Crippen molar-refractivity contribution in [3.63, 3.8) is 0 Å². The predicted octanol–water partition coefficient (Wildman–Crippen LogP) is -1.45. The van der Waals surface area contributed by atoms with Gasteiger partial charge in [0.05, 0.1) is 0 Å². The molecule has 2 unspecified atom stereocenters. The maximum absolute atomic E-state index is 13.0. The van der Waals surface area contributed by atoms with Gasteiger partial charge in [0, 0.05) is 17.7 Å². The first kappa shape index (κ1) is 18.6. The molecule has 1 aromatic carbocycles. The fourth-order valence-electron chi connectivity index (χ4n) is 3.02. The molecule has 2 aliphatic heterocycles. The molecule has 0 aromatic heterocycles. The van der Waals surface area contributed by atoms with Gasteiger partial charge in [-0.2, -0.15) is 13.5 Å². The van der Waals surface area contributed by atoms with Crippen LogP contribution >= 0.6 is 0 Å². The van der Waals surface area contributed by atoms with Crippen LogP contribution in [0.5, 0.6) is 0 Å². The van der Waals surface area contributed by atoms with Crippen molar-refractivity contribution in [3.8, 4) is 0 Å². The number of ketones is 1. The van der Waals surface area contributed by atoms with Crippen LogP contribution in [0, 0.1) is 0 Å². The Hall–Kier alpha value is -3.22. The topological polar surface area (TPSA) is 166 Å². The quantitative estimate of drug-likeness (QED) is 0.204. The van der Waals surface area contributed by atoms with E-state index in [4.69, 9.17) is 0 Å². The highest BCUT2D eigenvalue weighted by atomic mass is 32.2. The number of Topliss-reactive ketones (excluding diaryl/α,β-unsaturated/α-hetero) is 1. The number of amides is 4. The standard InChI is InChI=1S/C15H10N2O9S/c18-9-6-7-10(19)16(9)11-13(21)17(23)14(22)15(11,27(24,25)26)12(20)8-4-2-1-3-5-8/h1-7,11,23H,(H,24,25,26). The first-order valence-electron chi connectivity index (χ1n) is 7.24. The fourth-order valence-corrected chi connectivity index (χ4v) is 4.16. The van der Waals surface area contributed by atoms with Crippen LogP contribution in [0.1, 0.15) is 10.4 Å². The number of nitrogens with zero attached hydrogens (tertiary/aromatic N) is 2. The second-order valence-corrected chi connectivity index (χ2v) is 7.24. The van der Waals surface area contributed by atoms with E-state index >= 15 is 0 Å². The average molecular weight is 394 g/mol. The Morgan fingerprint density at radius 3 is 2.00 bits per heavy atom. The summed E-state index contributed by atoms with van der Waals surface area (Å²) >= 11 is 0. The van der Waals surface area contributed by atoms with Crippen molar-refractivity contribution in [2.24, 2.45) is 0 Å². The van der Waals surface area contributed by atoms with Crippen LogP contribution < -0.4 is 0 Å². The zero-order chi connectivity index (χ0) is 20.1. The summed E-state index contributed by atoms with van der Waals surface area (Å²) in [7, 11) is -5.76. The molecule has 2 atom stereocenters. The van der Waals surface area contributed by atoms with E-state index in [1.165, 1.54) is 18.2 Å². The lowest BCUT2D eigenvalue weighted by Gasteiger charge is -2.31. The van der Waals surface area contributed by atoms with Crippen molar-refractivity contribution in [2.45, 2.75) is 10.8 Å². The van der Waals surface area contributed by atoms with Gasteiger partial charge in [-0.1, -0.05) is 30.3 Å². The van der Waals surface area contributed by atoms with Gasteiger partial charge < -0.3 is 0 Å². The number of carbonyl (C=O) groups excluding carboxylic acids is 5. The first-order valence-corrected chi connectivity index (χ1v) is 8.68. The lowest BCUT2D eigenvalue weighted by atomic mass is 9.90. The van der Waals surface area contributed by atoms with Gasteiger partial charge >= 0.3 is 0 Å². The molecule has 1 aromatic rings. The fraction of sp³-hybridized carbons (Fsp3) is 0.133. The van der Waals surface area contributed by atoms with Gasteiger partial charge in [-0.3, -0.25) is 38.6 Å². The molecule has 0 bridgehead atoms. The molecule has 140 valence electrons. The minimum atomic E-state index is -5.76. The summed E-state index contributed by atoms with van der Waals surface area (Å²) in [4.78, 5) is 61.8. The maximum atomic E-state index is 13.0. The highest BCUT2D eigenvalue weighted by molar-refractivity contribution is 7.89. The first-order chi connectivity index (χ1) is 12.5. The van der Waals surface area contributed by atoms with Gasteiger partial charge in [-0.15, -0.1) is 0 Å². The third-order valence-electron chi connectivity index (χ3n) is 4.22. The van der Waals surface area contributed by atoms with Crippen LogP contribution in [-0.2, 0) is 29.3 Å². The average Bonchev–Trinajstić information content (AvgIpc) is 3.04. The molecule has 2 aliphatic rings. The Morgan fingerprint density at radius 1 is 1.00 bits per heavy atom. The summed E-state index contributed by atoms with van der Waals surface area (Å²) < 4.78 is 30.6. The van der Waals surface area contributed by atoms with Crippen LogP contribution in [0.3, 0.4) is 0 Å². The summed E-state index contributed by atoms with van der Waals surface area (Å²) in [5.74, 6) is -7.71. The lowest BCUT2D eigenvalue weighted by molar-refractivity contribution is -0.173. The summed E-state index contributed by atoms with van der Waals surface area (Å²) in [6.45, 7) is 0. The van der Waals surface area contributed by atoms with E-state index in [0.29, 0.717) is 12.2 Å². The minimum absolute atomic E-state index is 0.0328. The maximum Gasteiger partial charge on any atom is 0.290 e. The minimum Gasteiger partial charge on any atom is -0.292 e. The normalized spacial score (nSPS) is 25.6. The molecular weight excluding hydrogens is 384 g/mol. The van der Waals surface area contributed by atoms with Gasteiger partial charge in [0.25, 0.3) is 38.5 Å². The molecule has 4 amide bonds. The number of hydrogen-bond donors (Lipinski definition) is 2. The SMILES string of the molecule is O=C1C(N2C(=O)C=CC2=O)C(C(=O)c2ccccc2)(S(=O)(=O)O)C(=O)N1O. The van der Waals surface area contributed by atoms with Crippen LogP contribution in [0.25, 0.3) is 0 Å². The molecule has 0 radical (unpaired) electrons. The molecule has 1 fully saturated rings. The number of hydroxylamine groups is 2. The smallest absolute Gasteiger partial charge is 0.290 e. The van der Waals surface area contributed by atoms with E-state index in [2.05, 4.69) is 0 Å². The van der Waals surface area contributed by atoms with Gasteiger partial charge in [0.2, 0.25) is 0 Å². The van der Waals surface area contributed by atoms with Gasteiger partial charge in [-0.05, 0) is 0 Å². The number of rotatable bonds is 4. The van der Waals surface area contributed by atoms with E-state index in [1.54, 1.807) is 0 Å². The molecule has 11 nitrogen and oxygen atoms in total. The van der Waals surface area contributed by atoms with Crippen LogP contribution in [0.2, 0.25) is 0 Å².